The second kappa shape index (κ2) is 5.16. The molecule has 3 heteroatoms. The topological polar surface area (TPSA) is 52.9 Å². The molecule has 0 radical (unpaired) electrons. The molecule has 1 aromatic rings. The molecule has 0 aliphatic heterocycles. The molecular weight excluding hydrogens is 188 g/mol. The summed E-state index contributed by atoms with van der Waals surface area (Å²) in [4.78, 5) is 10.9. The second-order valence-electron chi connectivity index (χ2n) is 3.57. The molecule has 0 saturated carbocycles. The molecule has 0 bridgehead atoms. The minimum absolute atomic E-state index is 0.0833. The first-order valence-electron chi connectivity index (χ1n) is 4.88. The molecule has 1 rings (SSSR count). The van der Waals surface area contributed by atoms with Gasteiger partial charge >= 0.3 is 0 Å². The molecule has 0 fully saturated rings. The van der Waals surface area contributed by atoms with Crippen LogP contribution < -0.4 is 5.32 Å². The van der Waals surface area contributed by atoms with Gasteiger partial charge < -0.3 is 5.32 Å². The highest BCUT2D eigenvalue weighted by Gasteiger charge is 2.05. The molecular formula is C12H14N2O. The Hall–Kier alpha value is -1.82. The number of carbonyl (C=O) groups is 1. The van der Waals surface area contributed by atoms with E-state index >= 15 is 0 Å². The van der Waals surface area contributed by atoms with Crippen molar-refractivity contribution in [3.05, 3.63) is 29.8 Å². The Morgan fingerprint density at radius 1 is 1.60 bits per heavy atom. The zero-order valence-corrected chi connectivity index (χ0v) is 8.95. The van der Waals surface area contributed by atoms with E-state index < -0.39 is 0 Å². The lowest BCUT2D eigenvalue weighted by Crippen LogP contribution is -2.06. The van der Waals surface area contributed by atoms with Crippen LogP contribution in [0.2, 0.25) is 0 Å². The summed E-state index contributed by atoms with van der Waals surface area (Å²) in [5.41, 5.74) is 1.85. The first-order chi connectivity index (χ1) is 7.13. The average Bonchev–Trinajstić information content (AvgIpc) is 2.17. The SMILES string of the molecule is CC(=O)Nc1cccc([C@H](C)CC#N)c1. The summed E-state index contributed by atoms with van der Waals surface area (Å²) in [5.74, 6) is 0.115. The summed E-state index contributed by atoms with van der Waals surface area (Å²) in [6.07, 6.45) is 0.490. The Balaban J connectivity index is 2.83. The third kappa shape index (κ3) is 3.43. The first-order valence-corrected chi connectivity index (χ1v) is 4.88. The number of hydrogen-bond acceptors (Lipinski definition) is 2. The number of benzene rings is 1. The monoisotopic (exact) mass is 202 g/mol. The van der Waals surface area contributed by atoms with E-state index in [-0.39, 0.29) is 11.8 Å². The molecule has 0 aliphatic carbocycles. The molecule has 0 spiro atoms. The quantitative estimate of drug-likeness (QED) is 0.819. The van der Waals surface area contributed by atoms with Crippen LogP contribution in [0, 0.1) is 11.3 Å². The minimum atomic E-state index is -0.0833. The molecule has 3 nitrogen and oxygen atoms in total. The highest BCUT2D eigenvalue weighted by atomic mass is 16.1. The third-order valence-corrected chi connectivity index (χ3v) is 2.17. The van der Waals surface area contributed by atoms with Crippen LogP contribution in [0.3, 0.4) is 0 Å². The zero-order valence-electron chi connectivity index (χ0n) is 8.95. The molecule has 0 unspecified atom stereocenters. The summed E-state index contributed by atoms with van der Waals surface area (Å²) in [6, 6.07) is 9.73. The maximum Gasteiger partial charge on any atom is 0.221 e. The first kappa shape index (κ1) is 11.3. The predicted molar refractivity (Wildman–Crippen MR) is 59.4 cm³/mol. The van der Waals surface area contributed by atoms with Crippen LogP contribution in [0.5, 0.6) is 0 Å². The van der Waals surface area contributed by atoms with Crippen molar-refractivity contribution < 1.29 is 4.79 Å². The summed E-state index contributed by atoms with van der Waals surface area (Å²) in [7, 11) is 0. The second-order valence-corrected chi connectivity index (χ2v) is 3.57. The van der Waals surface area contributed by atoms with Crippen molar-refractivity contribution in [2.75, 3.05) is 5.32 Å². The Bertz CT molecular complexity index is 393. The largest absolute Gasteiger partial charge is 0.326 e. The summed E-state index contributed by atoms with van der Waals surface area (Å²) >= 11 is 0. The van der Waals surface area contributed by atoms with Crippen LogP contribution in [-0.4, -0.2) is 5.91 Å². The summed E-state index contributed by atoms with van der Waals surface area (Å²) in [5, 5.41) is 11.3. The van der Waals surface area contributed by atoms with Gasteiger partial charge in [-0.3, -0.25) is 4.79 Å². The molecule has 15 heavy (non-hydrogen) atoms. The van der Waals surface area contributed by atoms with Crippen molar-refractivity contribution in [2.45, 2.75) is 26.2 Å². The fourth-order valence-electron chi connectivity index (χ4n) is 1.38. The number of hydrogen-bond donors (Lipinski definition) is 1. The molecule has 0 aromatic heterocycles. The van der Waals surface area contributed by atoms with Crippen LogP contribution in [0.15, 0.2) is 24.3 Å². The lowest BCUT2D eigenvalue weighted by atomic mass is 9.98. The smallest absolute Gasteiger partial charge is 0.221 e. The van der Waals surface area contributed by atoms with Gasteiger partial charge in [0.2, 0.25) is 5.91 Å². The Morgan fingerprint density at radius 2 is 2.33 bits per heavy atom. The van der Waals surface area contributed by atoms with Gasteiger partial charge in [-0.15, -0.1) is 0 Å². The van der Waals surface area contributed by atoms with E-state index in [1.54, 1.807) is 0 Å². The van der Waals surface area contributed by atoms with Crippen molar-refractivity contribution in [3.63, 3.8) is 0 Å². The molecule has 0 saturated heterocycles. The maximum absolute atomic E-state index is 10.9. The van der Waals surface area contributed by atoms with Crippen molar-refractivity contribution in [2.24, 2.45) is 0 Å². The van der Waals surface area contributed by atoms with Gasteiger partial charge in [0.05, 0.1) is 6.07 Å². The molecule has 78 valence electrons. The van der Waals surface area contributed by atoms with Crippen molar-refractivity contribution >= 4 is 11.6 Å². The van der Waals surface area contributed by atoms with E-state index in [0.717, 1.165) is 11.3 Å². The number of carbonyl (C=O) groups excluding carboxylic acids is 1. The van der Waals surface area contributed by atoms with Crippen molar-refractivity contribution in [1.82, 2.24) is 0 Å². The van der Waals surface area contributed by atoms with E-state index in [9.17, 15) is 4.79 Å². The zero-order chi connectivity index (χ0) is 11.3. The number of amides is 1. The van der Waals surface area contributed by atoms with Gasteiger partial charge in [0.15, 0.2) is 0 Å². The Kier molecular flexibility index (Phi) is 3.87. The van der Waals surface area contributed by atoms with Gasteiger partial charge in [-0.05, 0) is 23.6 Å². The van der Waals surface area contributed by atoms with Gasteiger partial charge in [-0.1, -0.05) is 19.1 Å². The van der Waals surface area contributed by atoms with Crippen molar-refractivity contribution in [1.29, 1.82) is 5.26 Å². The summed E-state index contributed by atoms with van der Waals surface area (Å²) in [6.45, 7) is 3.47. The highest BCUT2D eigenvalue weighted by Crippen LogP contribution is 2.21. The normalized spacial score (nSPS) is 11.5. The number of nitriles is 1. The van der Waals surface area contributed by atoms with Crippen LogP contribution in [0.25, 0.3) is 0 Å². The average molecular weight is 202 g/mol. The lowest BCUT2D eigenvalue weighted by Gasteiger charge is -2.09. The van der Waals surface area contributed by atoms with Gasteiger partial charge in [-0.25, -0.2) is 0 Å². The fraction of sp³-hybridized carbons (Fsp3) is 0.333. The van der Waals surface area contributed by atoms with E-state index in [1.807, 2.05) is 31.2 Å². The van der Waals surface area contributed by atoms with Crippen molar-refractivity contribution in [3.8, 4) is 6.07 Å². The number of nitrogens with one attached hydrogen (secondary N) is 1. The Labute approximate surface area is 89.7 Å². The van der Waals surface area contributed by atoms with Gasteiger partial charge in [0.25, 0.3) is 0 Å². The number of rotatable bonds is 3. The fourth-order valence-corrected chi connectivity index (χ4v) is 1.38. The van der Waals surface area contributed by atoms with Crippen LogP contribution in [-0.2, 0) is 4.79 Å². The molecule has 1 aromatic carbocycles. The minimum Gasteiger partial charge on any atom is -0.326 e. The third-order valence-electron chi connectivity index (χ3n) is 2.17. The van der Waals surface area contributed by atoms with Crippen LogP contribution >= 0.6 is 0 Å². The standard InChI is InChI=1S/C12H14N2O/c1-9(6-7-13)11-4-3-5-12(8-11)14-10(2)15/h3-5,8-9H,6H2,1-2H3,(H,14,15)/t9-/m1/s1. The van der Waals surface area contributed by atoms with E-state index in [2.05, 4.69) is 11.4 Å². The Morgan fingerprint density at radius 3 is 2.93 bits per heavy atom. The summed E-state index contributed by atoms with van der Waals surface area (Å²) < 4.78 is 0. The van der Waals surface area contributed by atoms with Gasteiger partial charge in [0, 0.05) is 19.0 Å². The number of anilines is 1. The van der Waals surface area contributed by atoms with E-state index in [0.29, 0.717) is 6.42 Å². The maximum atomic E-state index is 10.9. The molecule has 0 heterocycles. The molecule has 0 aliphatic rings. The van der Waals surface area contributed by atoms with E-state index in [4.69, 9.17) is 5.26 Å². The molecule has 1 N–H and O–H groups in total. The molecule has 1 atom stereocenters. The highest BCUT2D eigenvalue weighted by molar-refractivity contribution is 5.88. The van der Waals surface area contributed by atoms with Gasteiger partial charge in [-0.2, -0.15) is 5.26 Å². The van der Waals surface area contributed by atoms with Crippen LogP contribution in [0.4, 0.5) is 5.69 Å². The lowest BCUT2D eigenvalue weighted by molar-refractivity contribution is -0.114. The number of nitrogens with zero attached hydrogens (tertiary/aromatic N) is 1. The predicted octanol–water partition coefficient (Wildman–Crippen LogP) is 2.66. The molecule has 1 amide bonds. The van der Waals surface area contributed by atoms with E-state index in [1.165, 1.54) is 6.92 Å². The van der Waals surface area contributed by atoms with Crippen LogP contribution in [0.1, 0.15) is 31.7 Å². The van der Waals surface area contributed by atoms with Gasteiger partial charge in [0.1, 0.15) is 0 Å².